The van der Waals surface area contributed by atoms with Gasteiger partial charge in [-0.3, -0.25) is 9.23 Å². The van der Waals surface area contributed by atoms with Gasteiger partial charge in [0.2, 0.25) is 0 Å². The first-order valence-electron chi connectivity index (χ1n) is 4.58. The van der Waals surface area contributed by atoms with E-state index in [9.17, 15) is 13.6 Å². The number of carbonyl (C=O) groups is 1. The highest BCUT2D eigenvalue weighted by molar-refractivity contribution is 7.81. The molecule has 0 fully saturated rings. The summed E-state index contributed by atoms with van der Waals surface area (Å²) in [5, 5.41) is 12.9. The molecule has 0 aromatic carbocycles. The van der Waals surface area contributed by atoms with Crippen LogP contribution in [-0.2, 0) is 18.3 Å². The van der Waals surface area contributed by atoms with Gasteiger partial charge < -0.3 is 5.11 Å². The number of hydrogen-bond donors (Lipinski definition) is 2. The van der Waals surface area contributed by atoms with E-state index < -0.39 is 17.2 Å². The van der Waals surface area contributed by atoms with Crippen molar-refractivity contribution in [3.63, 3.8) is 0 Å². The van der Waals surface area contributed by atoms with Crippen LogP contribution < -0.4 is 4.31 Å². The standard InChI is InChI=1S/C8H8N4O4S2/c1-11-5(2-3-10-11)12(18(15)16)7-6(8(13)14)9-4-17-7/h2-4H,1H3,(H,13,14)(H,15,16). The highest BCUT2D eigenvalue weighted by Crippen LogP contribution is 2.32. The quantitative estimate of drug-likeness (QED) is 0.807. The van der Waals surface area contributed by atoms with Gasteiger partial charge >= 0.3 is 5.97 Å². The van der Waals surface area contributed by atoms with Crippen LogP contribution in [0.3, 0.4) is 0 Å². The summed E-state index contributed by atoms with van der Waals surface area (Å²) in [6.07, 6.45) is 1.44. The number of carboxylic acids is 1. The second-order valence-electron chi connectivity index (χ2n) is 3.15. The largest absolute Gasteiger partial charge is 0.476 e. The van der Waals surface area contributed by atoms with Crippen LogP contribution in [0, 0.1) is 0 Å². The molecule has 2 N–H and O–H groups in total. The fraction of sp³-hybridized carbons (Fsp3) is 0.125. The molecule has 2 aromatic heterocycles. The molecule has 18 heavy (non-hydrogen) atoms. The van der Waals surface area contributed by atoms with Crippen molar-refractivity contribution in [3.8, 4) is 0 Å². The molecule has 2 aromatic rings. The number of aromatic nitrogens is 3. The first kappa shape index (κ1) is 12.7. The summed E-state index contributed by atoms with van der Waals surface area (Å²) < 4.78 is 23.0. The van der Waals surface area contributed by atoms with Gasteiger partial charge in [-0.05, 0) is 0 Å². The Labute approximate surface area is 108 Å². The number of aromatic carboxylic acids is 1. The van der Waals surface area contributed by atoms with E-state index in [1.165, 1.54) is 22.5 Å². The molecule has 1 unspecified atom stereocenters. The number of aryl methyl sites for hydroxylation is 1. The Kier molecular flexibility index (Phi) is 3.41. The van der Waals surface area contributed by atoms with Gasteiger partial charge in [-0.2, -0.15) is 5.10 Å². The van der Waals surface area contributed by atoms with Crippen LogP contribution in [0.15, 0.2) is 17.8 Å². The molecule has 0 radical (unpaired) electrons. The van der Waals surface area contributed by atoms with Crippen molar-refractivity contribution in [2.45, 2.75) is 0 Å². The molecule has 0 amide bonds. The molecule has 0 aliphatic rings. The lowest BCUT2D eigenvalue weighted by atomic mass is 10.4. The van der Waals surface area contributed by atoms with Crippen molar-refractivity contribution >= 4 is 39.4 Å². The maximum Gasteiger partial charge on any atom is 0.357 e. The van der Waals surface area contributed by atoms with Crippen LogP contribution in [0.1, 0.15) is 10.5 Å². The third-order valence-electron chi connectivity index (χ3n) is 2.10. The van der Waals surface area contributed by atoms with Gasteiger partial charge in [-0.1, -0.05) is 0 Å². The summed E-state index contributed by atoms with van der Waals surface area (Å²) in [4.78, 5) is 14.6. The van der Waals surface area contributed by atoms with Gasteiger partial charge in [0, 0.05) is 13.1 Å². The Hall–Kier alpha value is -1.78. The number of nitrogens with zero attached hydrogens (tertiary/aromatic N) is 4. The normalized spacial score (nSPS) is 12.3. The molecule has 0 saturated carbocycles. The van der Waals surface area contributed by atoms with Crippen molar-refractivity contribution in [3.05, 3.63) is 23.5 Å². The van der Waals surface area contributed by atoms with Gasteiger partial charge in [-0.15, -0.1) is 11.3 Å². The monoisotopic (exact) mass is 288 g/mol. The Bertz CT molecular complexity index is 608. The molecule has 1 atom stereocenters. The average molecular weight is 288 g/mol. The fourth-order valence-corrected chi connectivity index (χ4v) is 2.94. The lowest BCUT2D eigenvalue weighted by Gasteiger charge is -2.17. The molecule has 0 aliphatic heterocycles. The SMILES string of the molecule is Cn1nccc1N(c1scnc1C(=O)O)S(=O)O. The minimum atomic E-state index is -2.42. The van der Waals surface area contributed by atoms with Crippen molar-refractivity contribution in [1.29, 1.82) is 0 Å². The molecule has 2 heterocycles. The van der Waals surface area contributed by atoms with E-state index in [4.69, 9.17) is 5.11 Å². The maximum absolute atomic E-state index is 11.4. The van der Waals surface area contributed by atoms with E-state index in [0.29, 0.717) is 5.82 Å². The van der Waals surface area contributed by atoms with Crippen LogP contribution in [-0.4, -0.2) is 34.6 Å². The van der Waals surface area contributed by atoms with Crippen LogP contribution in [0.2, 0.25) is 0 Å². The molecule has 8 nitrogen and oxygen atoms in total. The van der Waals surface area contributed by atoms with Crippen molar-refractivity contribution in [2.75, 3.05) is 4.31 Å². The predicted molar refractivity (Wildman–Crippen MR) is 65.2 cm³/mol. The summed E-state index contributed by atoms with van der Waals surface area (Å²) in [5.74, 6) is -0.966. The zero-order chi connectivity index (χ0) is 13.3. The Morgan fingerprint density at radius 1 is 1.61 bits per heavy atom. The van der Waals surface area contributed by atoms with Gasteiger partial charge in [0.05, 0.1) is 11.7 Å². The number of carboxylic acid groups (broad SMARTS) is 1. The van der Waals surface area contributed by atoms with E-state index in [1.54, 1.807) is 7.05 Å². The molecule has 96 valence electrons. The Morgan fingerprint density at radius 2 is 2.33 bits per heavy atom. The molecular formula is C8H8N4O4S2. The van der Waals surface area contributed by atoms with Gasteiger partial charge in [0.15, 0.2) is 5.69 Å². The predicted octanol–water partition coefficient (Wildman–Crippen LogP) is 0.850. The molecular weight excluding hydrogens is 280 g/mol. The summed E-state index contributed by atoms with van der Waals surface area (Å²) in [7, 11) is 1.58. The second-order valence-corrected chi connectivity index (χ2v) is 4.81. The third kappa shape index (κ3) is 2.12. The zero-order valence-corrected chi connectivity index (χ0v) is 10.7. The Morgan fingerprint density at radius 3 is 2.83 bits per heavy atom. The maximum atomic E-state index is 11.4. The number of anilines is 2. The highest BCUT2D eigenvalue weighted by atomic mass is 32.2. The van der Waals surface area contributed by atoms with Crippen LogP contribution in [0.4, 0.5) is 10.8 Å². The summed E-state index contributed by atoms with van der Waals surface area (Å²) in [6.45, 7) is 0. The minimum absolute atomic E-state index is 0.0759. The molecule has 0 saturated heterocycles. The zero-order valence-electron chi connectivity index (χ0n) is 9.05. The van der Waals surface area contributed by atoms with Crippen molar-refractivity contribution in [1.82, 2.24) is 14.8 Å². The van der Waals surface area contributed by atoms with E-state index >= 15 is 0 Å². The van der Waals surface area contributed by atoms with Crippen LogP contribution in [0.25, 0.3) is 0 Å². The van der Waals surface area contributed by atoms with Crippen LogP contribution >= 0.6 is 11.3 Å². The van der Waals surface area contributed by atoms with E-state index in [-0.39, 0.29) is 10.7 Å². The van der Waals surface area contributed by atoms with Gasteiger partial charge in [0.25, 0.3) is 11.3 Å². The highest BCUT2D eigenvalue weighted by Gasteiger charge is 2.26. The lowest BCUT2D eigenvalue weighted by Crippen LogP contribution is -2.22. The first-order valence-corrected chi connectivity index (χ1v) is 6.52. The summed E-state index contributed by atoms with van der Waals surface area (Å²) in [5.41, 5.74) is 1.03. The van der Waals surface area contributed by atoms with Crippen molar-refractivity contribution < 1.29 is 18.7 Å². The van der Waals surface area contributed by atoms with Gasteiger partial charge in [-0.25, -0.2) is 18.3 Å². The average Bonchev–Trinajstić information content (AvgIpc) is 2.89. The Balaban J connectivity index is 2.56. The third-order valence-corrected chi connectivity index (χ3v) is 3.70. The number of thiazole rings is 1. The van der Waals surface area contributed by atoms with E-state index in [0.717, 1.165) is 15.6 Å². The first-order chi connectivity index (χ1) is 8.52. The lowest BCUT2D eigenvalue weighted by molar-refractivity contribution is 0.0692. The van der Waals surface area contributed by atoms with E-state index in [1.807, 2.05) is 0 Å². The van der Waals surface area contributed by atoms with Gasteiger partial charge in [0.1, 0.15) is 10.8 Å². The summed E-state index contributed by atoms with van der Waals surface area (Å²) >= 11 is -1.46. The second kappa shape index (κ2) is 4.84. The summed E-state index contributed by atoms with van der Waals surface area (Å²) in [6, 6.07) is 1.50. The van der Waals surface area contributed by atoms with Crippen molar-refractivity contribution in [2.24, 2.45) is 7.05 Å². The van der Waals surface area contributed by atoms with Crippen LogP contribution in [0.5, 0.6) is 0 Å². The molecule has 0 aliphatic carbocycles. The molecule has 0 bridgehead atoms. The molecule has 2 rings (SSSR count). The smallest absolute Gasteiger partial charge is 0.357 e. The number of hydrogen-bond acceptors (Lipinski definition) is 5. The minimum Gasteiger partial charge on any atom is -0.476 e. The topological polar surface area (TPSA) is 109 Å². The molecule has 0 spiro atoms. The van der Waals surface area contributed by atoms with E-state index in [2.05, 4.69) is 10.1 Å². The fourth-order valence-electron chi connectivity index (χ4n) is 1.35. The molecule has 10 heteroatoms. The number of rotatable bonds is 4.